The number of rotatable bonds is 6. The van der Waals surface area contributed by atoms with Crippen LogP contribution in [0, 0.1) is 23.3 Å². The molecule has 3 atom stereocenters. The molecule has 1 heterocycles. The first-order valence-corrected chi connectivity index (χ1v) is 14.6. The van der Waals surface area contributed by atoms with Gasteiger partial charge in [-0.15, -0.1) is 11.8 Å². The lowest BCUT2D eigenvalue weighted by Crippen LogP contribution is -2.58. The van der Waals surface area contributed by atoms with Crippen LogP contribution in [0.2, 0.25) is 5.02 Å². The predicted molar refractivity (Wildman–Crippen MR) is 159 cm³/mol. The molecule has 0 radical (unpaired) electrons. The smallest absolute Gasteiger partial charge is 0.256 e. The Kier molecular flexibility index (Phi) is 9.10. The van der Waals surface area contributed by atoms with Crippen molar-refractivity contribution in [2.75, 3.05) is 4.90 Å². The molecule has 0 aromatic heterocycles. The summed E-state index contributed by atoms with van der Waals surface area (Å²) in [5, 5.41) is -1.12. The lowest BCUT2D eigenvalue weighted by molar-refractivity contribution is -0.151. The number of nitrogens with two attached hydrogens (primary N) is 1. The maximum atomic E-state index is 15.5. The van der Waals surface area contributed by atoms with Gasteiger partial charge in [0.25, 0.3) is 5.91 Å². The van der Waals surface area contributed by atoms with Gasteiger partial charge in [0.2, 0.25) is 11.8 Å². The fourth-order valence-corrected chi connectivity index (χ4v) is 6.54. The Balaban J connectivity index is 1.76. The Bertz CT molecular complexity index is 1740. The third-order valence-corrected chi connectivity index (χ3v) is 8.51. The Morgan fingerprint density at radius 3 is 2.27 bits per heavy atom. The molecule has 1 aliphatic rings. The summed E-state index contributed by atoms with van der Waals surface area (Å²) in [4.78, 5) is 44.7. The summed E-state index contributed by atoms with van der Waals surface area (Å²) in [6, 6.07) is 14.9. The molecule has 1 aliphatic heterocycles. The van der Waals surface area contributed by atoms with Gasteiger partial charge in [-0.3, -0.25) is 24.2 Å². The fraction of sp³-hybridized carbons (Fsp3) is 0.156. The van der Waals surface area contributed by atoms with Crippen LogP contribution in [-0.4, -0.2) is 34.7 Å². The van der Waals surface area contributed by atoms with Gasteiger partial charge in [0.1, 0.15) is 29.3 Å². The van der Waals surface area contributed by atoms with Crippen LogP contribution in [-0.2, 0) is 20.8 Å². The van der Waals surface area contributed by atoms with Gasteiger partial charge in [0, 0.05) is 27.2 Å². The molecular formula is C32H24ClF4N3O3S. The molecule has 44 heavy (non-hydrogen) atoms. The molecule has 0 aliphatic carbocycles. The molecule has 0 saturated heterocycles. The van der Waals surface area contributed by atoms with E-state index in [0.29, 0.717) is 21.5 Å². The van der Waals surface area contributed by atoms with Crippen molar-refractivity contribution in [3.8, 4) is 0 Å². The summed E-state index contributed by atoms with van der Waals surface area (Å²) in [6.45, 7) is 1.29. The highest BCUT2D eigenvalue weighted by molar-refractivity contribution is 7.99. The van der Waals surface area contributed by atoms with Crippen LogP contribution in [0.1, 0.15) is 23.3 Å². The third-order valence-electron chi connectivity index (χ3n) is 6.91. The first-order chi connectivity index (χ1) is 20.9. The van der Waals surface area contributed by atoms with E-state index in [9.17, 15) is 27.6 Å². The van der Waals surface area contributed by atoms with Crippen molar-refractivity contribution in [3.63, 3.8) is 0 Å². The highest BCUT2D eigenvalue weighted by atomic mass is 35.5. The highest BCUT2D eigenvalue weighted by Crippen LogP contribution is 2.50. The second-order valence-electron chi connectivity index (χ2n) is 10.1. The SMILES string of the molecule is C[C@H](N)C(=O)N(C(=O)Cc1cc(F)cc(F)c1)[C@@H]1C(=O)N(c2ccccc2)c2cc(Cl)ccc2S[C@@H]1c1cc(F)ccc1F. The van der Waals surface area contributed by atoms with Crippen molar-refractivity contribution in [2.45, 2.75) is 35.6 Å². The van der Waals surface area contributed by atoms with Crippen LogP contribution < -0.4 is 10.6 Å². The van der Waals surface area contributed by atoms with Gasteiger partial charge in [0.05, 0.1) is 23.4 Å². The second-order valence-corrected chi connectivity index (χ2v) is 11.7. The standard InChI is InChI=1S/C32H24ClF4N3O3S/c1-17(38)31(42)40(28(41)13-18-11-21(35)15-22(36)12-18)29-30(24-16-20(34)8-9-25(24)37)44-27-10-7-19(33)14-26(27)39(32(29)43)23-5-3-2-4-6-23/h2-12,14-17,29-30H,13,38H2,1H3/t17-,29-,30+/m0/s1. The normalized spacial score (nSPS) is 17.1. The number of fused-ring (bicyclic) bond motifs is 1. The summed E-state index contributed by atoms with van der Waals surface area (Å²) in [5.41, 5.74) is 6.14. The van der Waals surface area contributed by atoms with Crippen molar-refractivity contribution in [1.29, 1.82) is 0 Å². The molecular weight excluding hydrogens is 618 g/mol. The zero-order chi connectivity index (χ0) is 31.7. The zero-order valence-corrected chi connectivity index (χ0v) is 24.6. The van der Waals surface area contributed by atoms with Crippen LogP contribution in [0.3, 0.4) is 0 Å². The zero-order valence-electron chi connectivity index (χ0n) is 23.0. The monoisotopic (exact) mass is 641 g/mol. The molecule has 4 aromatic rings. The molecule has 6 nitrogen and oxygen atoms in total. The number of hydrogen-bond acceptors (Lipinski definition) is 5. The number of carbonyl (C=O) groups excluding carboxylic acids is 3. The van der Waals surface area contributed by atoms with E-state index >= 15 is 4.39 Å². The lowest BCUT2D eigenvalue weighted by atomic mass is 9.99. The van der Waals surface area contributed by atoms with Crippen molar-refractivity contribution < 1.29 is 31.9 Å². The fourth-order valence-electron chi connectivity index (χ4n) is 5.01. The van der Waals surface area contributed by atoms with Gasteiger partial charge in [-0.1, -0.05) is 29.8 Å². The van der Waals surface area contributed by atoms with Crippen molar-refractivity contribution >= 4 is 52.5 Å². The van der Waals surface area contributed by atoms with Crippen molar-refractivity contribution in [2.24, 2.45) is 5.73 Å². The van der Waals surface area contributed by atoms with Crippen LogP contribution in [0.15, 0.2) is 89.8 Å². The highest BCUT2D eigenvalue weighted by Gasteiger charge is 2.48. The van der Waals surface area contributed by atoms with E-state index in [1.165, 1.54) is 17.9 Å². The summed E-state index contributed by atoms with van der Waals surface area (Å²) in [6.07, 6.45) is -0.704. The number of halogens is 5. The number of anilines is 2. The molecule has 0 bridgehead atoms. The Morgan fingerprint density at radius 1 is 0.932 bits per heavy atom. The van der Waals surface area contributed by atoms with Crippen LogP contribution in [0.25, 0.3) is 0 Å². The van der Waals surface area contributed by atoms with E-state index in [2.05, 4.69) is 0 Å². The van der Waals surface area contributed by atoms with Gasteiger partial charge in [-0.2, -0.15) is 0 Å². The summed E-state index contributed by atoms with van der Waals surface area (Å²) < 4.78 is 58.1. The third kappa shape index (κ3) is 6.35. The van der Waals surface area contributed by atoms with Gasteiger partial charge in [0.15, 0.2) is 0 Å². The van der Waals surface area contributed by atoms with Crippen molar-refractivity contribution in [1.82, 2.24) is 4.90 Å². The molecule has 0 spiro atoms. The number of imide groups is 1. The van der Waals surface area contributed by atoms with E-state index in [0.717, 1.165) is 42.1 Å². The van der Waals surface area contributed by atoms with Crippen molar-refractivity contribution in [3.05, 3.63) is 124 Å². The molecule has 0 fully saturated rings. The number of carbonyl (C=O) groups is 3. The summed E-state index contributed by atoms with van der Waals surface area (Å²) >= 11 is 7.26. The summed E-state index contributed by atoms with van der Waals surface area (Å²) in [7, 11) is 0. The van der Waals surface area contributed by atoms with Crippen LogP contribution in [0.4, 0.5) is 28.9 Å². The average Bonchev–Trinajstić information content (AvgIpc) is 3.08. The molecule has 2 N–H and O–H groups in total. The topological polar surface area (TPSA) is 83.7 Å². The van der Waals surface area contributed by atoms with E-state index < -0.39 is 64.7 Å². The van der Waals surface area contributed by atoms with E-state index in [1.54, 1.807) is 42.5 Å². The maximum Gasteiger partial charge on any atom is 0.256 e. The molecule has 0 saturated carbocycles. The first kappa shape index (κ1) is 31.2. The number of para-hydroxylation sites is 1. The lowest BCUT2D eigenvalue weighted by Gasteiger charge is -2.36. The molecule has 3 amide bonds. The van der Waals surface area contributed by atoms with Gasteiger partial charge in [-0.05, 0) is 73.2 Å². The molecule has 12 heteroatoms. The van der Waals surface area contributed by atoms with Gasteiger partial charge in [-0.25, -0.2) is 17.6 Å². The summed E-state index contributed by atoms with van der Waals surface area (Å²) in [5.74, 6) is -6.52. The molecule has 226 valence electrons. The van der Waals surface area contributed by atoms with E-state index in [1.807, 2.05) is 0 Å². The number of amides is 3. The Hall–Kier alpha value is -4.19. The van der Waals surface area contributed by atoms with E-state index in [-0.39, 0.29) is 21.8 Å². The Labute approximate surface area is 259 Å². The Morgan fingerprint density at radius 2 is 1.61 bits per heavy atom. The van der Waals surface area contributed by atoms with Gasteiger partial charge >= 0.3 is 0 Å². The average molecular weight is 642 g/mol. The minimum atomic E-state index is -1.80. The van der Waals surface area contributed by atoms with E-state index in [4.69, 9.17) is 17.3 Å². The first-order valence-electron chi connectivity index (χ1n) is 13.3. The maximum absolute atomic E-state index is 15.5. The predicted octanol–water partition coefficient (Wildman–Crippen LogP) is 6.72. The molecule has 0 unspecified atom stereocenters. The number of benzene rings is 4. The second kappa shape index (κ2) is 12.8. The van der Waals surface area contributed by atoms with Gasteiger partial charge < -0.3 is 5.73 Å². The minimum Gasteiger partial charge on any atom is -0.320 e. The quantitative estimate of drug-likeness (QED) is 0.236. The molecule has 5 rings (SSSR count). The number of nitrogens with zero attached hydrogens (tertiary/aromatic N) is 2. The minimum absolute atomic E-state index is 0.118. The van der Waals surface area contributed by atoms with Crippen LogP contribution >= 0.6 is 23.4 Å². The molecule has 4 aromatic carbocycles. The number of hydrogen-bond donors (Lipinski definition) is 1. The number of thioether (sulfide) groups is 1. The largest absolute Gasteiger partial charge is 0.320 e. The van der Waals surface area contributed by atoms with Crippen LogP contribution in [0.5, 0.6) is 0 Å².